The zero-order valence-corrected chi connectivity index (χ0v) is 18.8. The summed E-state index contributed by atoms with van der Waals surface area (Å²) in [6, 6.07) is 20.4. The lowest BCUT2D eigenvalue weighted by Gasteiger charge is -2.10. The SMILES string of the molecule is Cc1cccc(-c2cc(-c3cncc(-c4ccc(CCCC(=O)O)cc4)c3)c3cc[nH]c3n2)n1. The lowest BCUT2D eigenvalue weighted by molar-refractivity contribution is -0.137. The van der Waals surface area contributed by atoms with Gasteiger partial charge in [0.2, 0.25) is 0 Å². The highest BCUT2D eigenvalue weighted by Crippen LogP contribution is 2.33. The number of aromatic amines is 1. The van der Waals surface area contributed by atoms with Crippen LogP contribution in [0.5, 0.6) is 0 Å². The summed E-state index contributed by atoms with van der Waals surface area (Å²) in [5.74, 6) is -0.756. The topological polar surface area (TPSA) is 91.8 Å². The van der Waals surface area contributed by atoms with Crippen LogP contribution in [0.1, 0.15) is 24.1 Å². The number of fused-ring (bicyclic) bond motifs is 1. The van der Waals surface area contributed by atoms with Crippen molar-refractivity contribution in [2.75, 3.05) is 0 Å². The molecular weight excluding hydrogens is 424 g/mol. The first-order chi connectivity index (χ1) is 16.6. The first kappa shape index (κ1) is 21.5. The van der Waals surface area contributed by atoms with Gasteiger partial charge in [0.1, 0.15) is 5.65 Å². The van der Waals surface area contributed by atoms with Crippen molar-refractivity contribution in [2.45, 2.75) is 26.2 Å². The Kier molecular flexibility index (Phi) is 5.87. The highest BCUT2D eigenvalue weighted by molar-refractivity contribution is 5.95. The fourth-order valence-corrected chi connectivity index (χ4v) is 4.15. The number of pyridine rings is 3. The maximum atomic E-state index is 10.7. The Morgan fingerprint density at radius 3 is 2.53 bits per heavy atom. The summed E-state index contributed by atoms with van der Waals surface area (Å²) in [7, 11) is 0. The lowest BCUT2D eigenvalue weighted by Crippen LogP contribution is -1.95. The Morgan fingerprint density at radius 1 is 0.912 bits per heavy atom. The lowest BCUT2D eigenvalue weighted by atomic mass is 9.98. The van der Waals surface area contributed by atoms with Gasteiger partial charge in [0.05, 0.1) is 11.4 Å². The van der Waals surface area contributed by atoms with Gasteiger partial charge < -0.3 is 10.1 Å². The number of H-pyrrole nitrogens is 1. The summed E-state index contributed by atoms with van der Waals surface area (Å²) in [6.07, 6.45) is 7.21. The second-order valence-electron chi connectivity index (χ2n) is 8.37. The smallest absolute Gasteiger partial charge is 0.303 e. The van der Waals surface area contributed by atoms with E-state index in [-0.39, 0.29) is 6.42 Å². The van der Waals surface area contributed by atoms with Gasteiger partial charge in [0.25, 0.3) is 0 Å². The van der Waals surface area contributed by atoms with Gasteiger partial charge in [-0.15, -0.1) is 0 Å². The van der Waals surface area contributed by atoms with Crippen LogP contribution in [0.4, 0.5) is 0 Å². The van der Waals surface area contributed by atoms with E-state index < -0.39 is 5.97 Å². The van der Waals surface area contributed by atoms with Crippen LogP contribution in [0.15, 0.2) is 79.3 Å². The molecule has 0 atom stereocenters. The van der Waals surface area contributed by atoms with Gasteiger partial charge in [-0.25, -0.2) is 4.98 Å². The van der Waals surface area contributed by atoms with E-state index in [9.17, 15) is 4.79 Å². The zero-order valence-electron chi connectivity index (χ0n) is 18.8. The number of carboxylic acids is 1. The molecule has 4 heterocycles. The van der Waals surface area contributed by atoms with Gasteiger partial charge in [-0.05, 0) is 66.8 Å². The molecule has 0 radical (unpaired) electrons. The molecule has 0 fully saturated rings. The van der Waals surface area contributed by atoms with Crippen LogP contribution in [0.25, 0.3) is 44.7 Å². The number of benzene rings is 1. The van der Waals surface area contributed by atoms with E-state index in [4.69, 9.17) is 10.1 Å². The first-order valence-corrected chi connectivity index (χ1v) is 11.3. The van der Waals surface area contributed by atoms with Crippen LogP contribution in [0.3, 0.4) is 0 Å². The molecule has 5 rings (SSSR count). The fourth-order valence-electron chi connectivity index (χ4n) is 4.15. The molecule has 0 saturated heterocycles. The number of carboxylic acid groups (broad SMARTS) is 1. The zero-order chi connectivity index (χ0) is 23.5. The van der Waals surface area contributed by atoms with E-state index >= 15 is 0 Å². The Morgan fingerprint density at radius 2 is 1.74 bits per heavy atom. The molecule has 1 aromatic carbocycles. The largest absolute Gasteiger partial charge is 0.481 e. The summed E-state index contributed by atoms with van der Waals surface area (Å²) < 4.78 is 0. The van der Waals surface area contributed by atoms with Crippen molar-refractivity contribution < 1.29 is 9.90 Å². The van der Waals surface area contributed by atoms with Gasteiger partial charge in [-0.2, -0.15) is 0 Å². The number of aliphatic carboxylic acids is 1. The van der Waals surface area contributed by atoms with E-state index in [0.717, 1.165) is 62.4 Å². The van der Waals surface area contributed by atoms with Crippen molar-refractivity contribution in [1.82, 2.24) is 19.9 Å². The number of nitrogens with one attached hydrogen (secondary N) is 1. The highest BCUT2D eigenvalue weighted by atomic mass is 16.4. The Hall–Kier alpha value is -4.32. The van der Waals surface area contributed by atoms with Crippen molar-refractivity contribution >= 4 is 17.0 Å². The van der Waals surface area contributed by atoms with Gasteiger partial charge in [0.15, 0.2) is 0 Å². The monoisotopic (exact) mass is 448 g/mol. The summed E-state index contributed by atoms with van der Waals surface area (Å²) in [5.41, 5.74) is 8.67. The molecule has 0 spiro atoms. The third-order valence-electron chi connectivity index (χ3n) is 5.87. The molecule has 168 valence electrons. The Bertz CT molecular complexity index is 1470. The molecule has 0 saturated carbocycles. The first-order valence-electron chi connectivity index (χ1n) is 11.3. The molecule has 4 aromatic heterocycles. The number of hydrogen-bond donors (Lipinski definition) is 2. The maximum absolute atomic E-state index is 10.7. The number of aromatic nitrogens is 4. The van der Waals surface area contributed by atoms with Gasteiger partial charge >= 0.3 is 5.97 Å². The molecule has 2 N–H and O–H groups in total. The van der Waals surface area contributed by atoms with Crippen molar-refractivity contribution in [1.29, 1.82) is 0 Å². The summed E-state index contributed by atoms with van der Waals surface area (Å²) in [5, 5.41) is 9.87. The average Bonchev–Trinajstić information content (AvgIpc) is 3.33. The standard InChI is InChI=1S/C28H24N4O2/c1-18-4-2-6-25(31-18)26-15-24(23-12-13-30-28(23)32-26)22-14-21(16-29-17-22)20-10-8-19(9-11-20)5-3-7-27(33)34/h2,4,6,8-17H,3,5,7H2,1H3,(H,30,32)(H,33,34). The van der Waals surface area contributed by atoms with E-state index in [1.54, 1.807) is 0 Å². The third kappa shape index (κ3) is 4.57. The second-order valence-corrected chi connectivity index (χ2v) is 8.37. The predicted molar refractivity (Wildman–Crippen MR) is 133 cm³/mol. The normalized spacial score (nSPS) is 11.1. The molecule has 34 heavy (non-hydrogen) atoms. The van der Waals surface area contributed by atoms with Crippen LogP contribution in [0, 0.1) is 6.92 Å². The van der Waals surface area contributed by atoms with Gasteiger partial charge in [-0.1, -0.05) is 30.3 Å². The molecule has 0 aliphatic rings. The summed E-state index contributed by atoms with van der Waals surface area (Å²) >= 11 is 0. The van der Waals surface area contributed by atoms with E-state index in [1.807, 2.05) is 49.8 Å². The van der Waals surface area contributed by atoms with Crippen LogP contribution < -0.4 is 0 Å². The molecule has 0 amide bonds. The van der Waals surface area contributed by atoms with Crippen molar-refractivity contribution in [2.24, 2.45) is 0 Å². The minimum atomic E-state index is -0.756. The molecular formula is C28H24N4O2. The molecule has 5 aromatic rings. The number of nitrogens with zero attached hydrogens (tertiary/aromatic N) is 3. The number of rotatable bonds is 7. The molecule has 6 heteroatoms. The van der Waals surface area contributed by atoms with Gasteiger partial charge in [0, 0.05) is 47.2 Å². The van der Waals surface area contributed by atoms with E-state index in [1.165, 1.54) is 0 Å². The van der Waals surface area contributed by atoms with Crippen LogP contribution in [0.2, 0.25) is 0 Å². The van der Waals surface area contributed by atoms with Crippen LogP contribution in [-0.2, 0) is 11.2 Å². The summed E-state index contributed by atoms with van der Waals surface area (Å²) in [6.45, 7) is 1.97. The number of aryl methyl sites for hydroxylation is 2. The van der Waals surface area contributed by atoms with E-state index in [0.29, 0.717) is 6.42 Å². The van der Waals surface area contributed by atoms with E-state index in [2.05, 4.69) is 51.4 Å². The Balaban J connectivity index is 1.49. The van der Waals surface area contributed by atoms with Crippen LogP contribution >= 0.6 is 0 Å². The number of hydrogen-bond acceptors (Lipinski definition) is 4. The minimum Gasteiger partial charge on any atom is -0.481 e. The van der Waals surface area contributed by atoms with Crippen molar-refractivity contribution in [3.8, 4) is 33.6 Å². The van der Waals surface area contributed by atoms with Crippen molar-refractivity contribution in [3.05, 3.63) is 90.5 Å². The molecule has 6 nitrogen and oxygen atoms in total. The molecule has 0 unspecified atom stereocenters. The maximum Gasteiger partial charge on any atom is 0.303 e. The molecule has 0 bridgehead atoms. The quantitative estimate of drug-likeness (QED) is 0.315. The molecule has 0 aliphatic heterocycles. The fraction of sp³-hybridized carbons (Fsp3) is 0.143. The number of carbonyl (C=O) groups is 1. The third-order valence-corrected chi connectivity index (χ3v) is 5.87. The van der Waals surface area contributed by atoms with Crippen LogP contribution in [-0.4, -0.2) is 31.0 Å². The predicted octanol–water partition coefficient (Wildman–Crippen LogP) is 6.07. The second kappa shape index (κ2) is 9.27. The van der Waals surface area contributed by atoms with Gasteiger partial charge in [-0.3, -0.25) is 14.8 Å². The van der Waals surface area contributed by atoms with Crippen molar-refractivity contribution in [3.63, 3.8) is 0 Å². The average molecular weight is 449 g/mol. The summed E-state index contributed by atoms with van der Waals surface area (Å²) in [4.78, 5) is 27.9. The highest BCUT2D eigenvalue weighted by Gasteiger charge is 2.13. The Labute approximate surface area is 197 Å². The minimum absolute atomic E-state index is 0.188. The molecule has 0 aliphatic carbocycles.